The Morgan fingerprint density at radius 3 is 1.89 bits per heavy atom. The van der Waals surface area contributed by atoms with Crippen molar-refractivity contribution in [3.8, 4) is 6.07 Å². The van der Waals surface area contributed by atoms with Gasteiger partial charge in [0.25, 0.3) is 0 Å². The second kappa shape index (κ2) is 7.70. The molecule has 0 radical (unpaired) electrons. The van der Waals surface area contributed by atoms with Crippen LogP contribution >= 0.6 is 0 Å². The molecule has 2 bridgehead atoms. The topological polar surface area (TPSA) is 44.0 Å². The van der Waals surface area contributed by atoms with Crippen LogP contribution in [-0.2, 0) is 5.41 Å². The van der Waals surface area contributed by atoms with E-state index in [1.54, 1.807) is 0 Å². The molecule has 4 rings (SSSR count). The Balaban J connectivity index is 1.66. The molecule has 3 heteroatoms. The van der Waals surface area contributed by atoms with E-state index in [9.17, 15) is 10.4 Å². The molecule has 2 aliphatic heterocycles. The van der Waals surface area contributed by atoms with Crippen LogP contribution in [0.25, 0.3) is 0 Å². The van der Waals surface area contributed by atoms with Gasteiger partial charge in [-0.15, -0.1) is 0 Å². The fraction of sp³-hybridized carbons (Fsp3) is 0.480. The summed E-state index contributed by atoms with van der Waals surface area (Å²) < 4.78 is 1.03. The fourth-order valence-corrected chi connectivity index (χ4v) is 6.06. The minimum Gasteiger partial charge on any atom is -0.391 e. The molecule has 2 atom stereocenters. The van der Waals surface area contributed by atoms with E-state index in [1.807, 2.05) is 36.4 Å². The van der Waals surface area contributed by atoms with Crippen molar-refractivity contribution in [1.29, 1.82) is 5.26 Å². The first-order valence-corrected chi connectivity index (χ1v) is 10.6. The molecule has 1 N–H and O–H groups in total. The third kappa shape index (κ3) is 3.15. The molecule has 0 spiro atoms. The minimum atomic E-state index is -0.593. The van der Waals surface area contributed by atoms with Crippen LogP contribution in [-0.4, -0.2) is 41.9 Å². The number of benzene rings is 2. The molecule has 3 nitrogen and oxygen atoms in total. The zero-order chi connectivity index (χ0) is 19.6. The van der Waals surface area contributed by atoms with Gasteiger partial charge in [-0.1, -0.05) is 60.7 Å². The lowest BCUT2D eigenvalue weighted by Crippen LogP contribution is -2.59. The molecule has 2 saturated heterocycles. The number of aliphatic hydroxyl groups excluding tert-OH is 1. The Morgan fingerprint density at radius 1 is 0.964 bits per heavy atom. The average Bonchev–Trinajstić information content (AvgIpc) is 2.90. The van der Waals surface area contributed by atoms with Crippen LogP contribution in [0.2, 0.25) is 0 Å². The number of hydrogen-bond donors (Lipinski definition) is 1. The molecule has 2 fully saturated rings. The highest BCUT2D eigenvalue weighted by Gasteiger charge is 2.52. The molecule has 0 aromatic heterocycles. The quantitative estimate of drug-likeness (QED) is 0.767. The van der Waals surface area contributed by atoms with Crippen molar-refractivity contribution in [1.82, 2.24) is 0 Å². The van der Waals surface area contributed by atoms with Crippen molar-refractivity contribution in [3.63, 3.8) is 0 Å². The van der Waals surface area contributed by atoms with Gasteiger partial charge in [0.1, 0.15) is 12.0 Å². The second-order valence-corrected chi connectivity index (χ2v) is 8.97. The van der Waals surface area contributed by atoms with E-state index in [4.69, 9.17) is 0 Å². The first-order valence-electron chi connectivity index (χ1n) is 10.6. The Labute approximate surface area is 168 Å². The van der Waals surface area contributed by atoms with Crippen LogP contribution in [0.15, 0.2) is 60.7 Å². The van der Waals surface area contributed by atoms with Gasteiger partial charge in [-0.25, -0.2) is 0 Å². The highest BCUT2D eigenvalue weighted by Crippen LogP contribution is 2.48. The largest absolute Gasteiger partial charge is 0.391 e. The molecule has 146 valence electrons. The van der Waals surface area contributed by atoms with E-state index in [0.29, 0.717) is 18.0 Å². The van der Waals surface area contributed by atoms with E-state index in [0.717, 1.165) is 41.4 Å². The van der Waals surface area contributed by atoms with Crippen LogP contribution in [0.5, 0.6) is 0 Å². The van der Waals surface area contributed by atoms with Crippen molar-refractivity contribution in [3.05, 3.63) is 71.8 Å². The van der Waals surface area contributed by atoms with Gasteiger partial charge in [0.2, 0.25) is 0 Å². The van der Waals surface area contributed by atoms with Crippen molar-refractivity contribution < 1.29 is 9.59 Å². The summed E-state index contributed by atoms with van der Waals surface area (Å²) in [4.78, 5) is 0. The summed E-state index contributed by atoms with van der Waals surface area (Å²) in [5, 5.41) is 20.0. The minimum absolute atomic E-state index is 0.268. The maximum atomic E-state index is 10.5. The predicted octanol–water partition coefficient (Wildman–Crippen LogP) is 4.27. The van der Waals surface area contributed by atoms with Gasteiger partial charge < -0.3 is 9.59 Å². The second-order valence-electron chi connectivity index (χ2n) is 8.97. The third-order valence-electron chi connectivity index (χ3n) is 7.61. The van der Waals surface area contributed by atoms with E-state index < -0.39 is 5.41 Å². The molecule has 2 aromatic carbocycles. The van der Waals surface area contributed by atoms with E-state index in [-0.39, 0.29) is 6.61 Å². The van der Waals surface area contributed by atoms with Gasteiger partial charge in [-0.3, -0.25) is 0 Å². The fourth-order valence-electron chi connectivity index (χ4n) is 6.06. The summed E-state index contributed by atoms with van der Waals surface area (Å²) in [7, 11) is 2.33. The average molecular weight is 376 g/mol. The molecular formula is C25H31N2O+. The van der Waals surface area contributed by atoms with E-state index in [1.165, 1.54) is 12.8 Å². The highest BCUT2D eigenvalue weighted by atomic mass is 16.3. The van der Waals surface area contributed by atoms with Crippen molar-refractivity contribution in [2.45, 2.75) is 49.6 Å². The number of quaternary nitrogens is 1. The van der Waals surface area contributed by atoms with Gasteiger partial charge in [0.15, 0.2) is 0 Å². The van der Waals surface area contributed by atoms with Crippen LogP contribution < -0.4 is 0 Å². The maximum absolute atomic E-state index is 10.5. The van der Waals surface area contributed by atoms with Crippen LogP contribution in [0.4, 0.5) is 0 Å². The lowest BCUT2D eigenvalue weighted by Gasteiger charge is -2.48. The number of hydrogen-bond acceptors (Lipinski definition) is 2. The molecule has 0 aliphatic carbocycles. The summed E-state index contributed by atoms with van der Waals surface area (Å²) >= 11 is 0. The van der Waals surface area contributed by atoms with Gasteiger partial charge in [0, 0.05) is 25.7 Å². The van der Waals surface area contributed by atoms with Gasteiger partial charge in [-0.05, 0) is 23.5 Å². The molecule has 2 aromatic rings. The predicted molar refractivity (Wildman–Crippen MR) is 112 cm³/mol. The molecule has 2 aliphatic rings. The highest BCUT2D eigenvalue weighted by molar-refractivity contribution is 5.45. The van der Waals surface area contributed by atoms with Crippen molar-refractivity contribution >= 4 is 0 Å². The molecule has 28 heavy (non-hydrogen) atoms. The number of nitriles is 1. The molecule has 2 heterocycles. The summed E-state index contributed by atoms with van der Waals surface area (Å²) in [6.45, 7) is 1.13. The number of likely N-dealkylation sites (N-methyl/N-ethyl adjacent to an activating group) is 1. The van der Waals surface area contributed by atoms with Gasteiger partial charge in [-0.2, -0.15) is 5.26 Å². The zero-order valence-electron chi connectivity index (χ0n) is 16.8. The van der Waals surface area contributed by atoms with Crippen LogP contribution in [0.3, 0.4) is 0 Å². The number of aliphatic hydroxyl groups is 1. The maximum Gasteiger partial charge on any atom is 0.107 e. The number of nitrogens with zero attached hydrogens (tertiary/aromatic N) is 2. The van der Waals surface area contributed by atoms with Gasteiger partial charge >= 0.3 is 0 Å². The summed E-state index contributed by atoms with van der Waals surface area (Å²) in [5.41, 5.74) is 1.62. The number of piperidine rings is 1. The lowest BCUT2D eigenvalue weighted by atomic mass is 9.67. The Bertz CT molecular complexity index is 773. The molecule has 0 amide bonds. The number of fused-ring (bicyclic) bond motifs is 2. The number of rotatable bonds is 6. The smallest absolute Gasteiger partial charge is 0.107 e. The van der Waals surface area contributed by atoms with Gasteiger partial charge in [0.05, 0.1) is 31.8 Å². The Morgan fingerprint density at radius 2 is 1.46 bits per heavy atom. The SMILES string of the molecule is C[N+]1(CCO)C2CCC1CC(CC(C#N)(c1ccccc1)c1ccccc1)C2. The van der Waals surface area contributed by atoms with Crippen LogP contribution in [0, 0.1) is 17.2 Å². The Kier molecular flexibility index (Phi) is 5.27. The monoisotopic (exact) mass is 375 g/mol. The van der Waals surface area contributed by atoms with Crippen molar-refractivity contribution in [2.24, 2.45) is 5.92 Å². The summed E-state index contributed by atoms with van der Waals surface area (Å²) in [6.07, 6.45) is 5.72. The molecule has 2 unspecified atom stereocenters. The van der Waals surface area contributed by atoms with E-state index in [2.05, 4.69) is 37.4 Å². The van der Waals surface area contributed by atoms with Crippen molar-refractivity contribution in [2.75, 3.05) is 20.2 Å². The van der Waals surface area contributed by atoms with E-state index >= 15 is 0 Å². The van der Waals surface area contributed by atoms with Crippen LogP contribution in [0.1, 0.15) is 43.2 Å². The Hall–Kier alpha value is -2.15. The molecule has 0 saturated carbocycles. The standard InChI is InChI=1S/C25H31N2O/c1-27(14-15-28)23-12-13-24(27)17-20(16-23)18-25(19-26,21-8-4-2-5-9-21)22-10-6-3-7-11-22/h2-11,20,23-24,28H,12-18H2,1H3/q+1. The lowest BCUT2D eigenvalue weighted by molar-refractivity contribution is -0.949. The third-order valence-corrected chi connectivity index (χ3v) is 7.61. The normalized spacial score (nSPS) is 29.4. The first kappa shape index (κ1) is 19.2. The first-order chi connectivity index (χ1) is 13.6. The summed E-state index contributed by atoms with van der Waals surface area (Å²) in [5.74, 6) is 0.544. The summed E-state index contributed by atoms with van der Waals surface area (Å²) in [6, 6.07) is 24.7. The zero-order valence-corrected chi connectivity index (χ0v) is 16.8. The molecular weight excluding hydrogens is 344 g/mol.